The summed E-state index contributed by atoms with van der Waals surface area (Å²) >= 11 is 6.73. The van der Waals surface area contributed by atoms with Crippen LogP contribution in [0, 0.1) is 37.2 Å². The van der Waals surface area contributed by atoms with Crippen molar-refractivity contribution in [2.45, 2.75) is 44.1 Å². The zero-order valence-electron chi connectivity index (χ0n) is 17.3. The summed E-state index contributed by atoms with van der Waals surface area (Å²) in [5.41, 5.74) is 3.77. The molecule has 0 bridgehead atoms. The maximum absolute atomic E-state index is 13.1. The van der Waals surface area contributed by atoms with Crippen LogP contribution in [-0.4, -0.2) is 35.9 Å². The molecule has 1 aliphatic carbocycles. The van der Waals surface area contributed by atoms with Gasteiger partial charge in [-0.15, -0.1) is 5.56 Å². The number of carbonyl (C=O) groups excluding carboxylic acids is 1. The van der Waals surface area contributed by atoms with Crippen LogP contribution in [0.1, 0.15) is 55.2 Å². The van der Waals surface area contributed by atoms with Crippen molar-refractivity contribution in [2.24, 2.45) is 10.1 Å². The molecule has 0 saturated heterocycles. The molecule has 1 atom stereocenters. The molecule has 1 unspecified atom stereocenters. The van der Waals surface area contributed by atoms with Crippen molar-refractivity contribution < 1.29 is 35.9 Å². The summed E-state index contributed by atoms with van der Waals surface area (Å²) in [6.45, 7) is 1.46. The molecular formula is C24H24ClN4OU-. The average molecular weight is 658 g/mol. The molecular weight excluding hydrogens is 634 g/mol. The van der Waals surface area contributed by atoms with Crippen LogP contribution in [0.5, 0.6) is 0 Å². The molecule has 0 N–H and O–H groups in total. The topological polar surface area (TPSA) is 48.3 Å². The van der Waals surface area contributed by atoms with Crippen molar-refractivity contribution in [1.82, 2.24) is 4.90 Å². The largest absolute Gasteiger partial charge is 0.298 e. The minimum Gasteiger partial charge on any atom is -0.298 e. The van der Waals surface area contributed by atoms with Gasteiger partial charge in [-0.25, -0.2) is 0 Å². The van der Waals surface area contributed by atoms with Crippen LogP contribution in [0.15, 0.2) is 52.6 Å². The van der Waals surface area contributed by atoms with Gasteiger partial charge < -0.3 is 0 Å². The number of hydrogen-bond acceptors (Lipinski definition) is 4. The van der Waals surface area contributed by atoms with Gasteiger partial charge in [0.15, 0.2) is 0 Å². The number of amides is 1. The first-order valence-electron chi connectivity index (χ1n) is 10.6. The molecule has 7 heteroatoms. The van der Waals surface area contributed by atoms with E-state index < -0.39 is 0 Å². The van der Waals surface area contributed by atoms with Crippen LogP contribution in [0.2, 0.25) is 5.02 Å². The number of nitrogens with zero attached hydrogens (tertiary/aromatic N) is 4. The molecule has 5 rings (SSSR count). The Morgan fingerprint density at radius 2 is 1.90 bits per heavy atom. The van der Waals surface area contributed by atoms with Crippen molar-refractivity contribution in [3.63, 3.8) is 0 Å². The predicted octanol–water partition coefficient (Wildman–Crippen LogP) is 4.98. The van der Waals surface area contributed by atoms with Gasteiger partial charge in [0, 0.05) is 50.6 Å². The van der Waals surface area contributed by atoms with Gasteiger partial charge in [0.1, 0.15) is 5.71 Å². The summed E-state index contributed by atoms with van der Waals surface area (Å²) in [5.74, 6) is 0.547. The monoisotopic (exact) mass is 657 g/mol. The van der Waals surface area contributed by atoms with E-state index in [0.717, 1.165) is 24.2 Å². The van der Waals surface area contributed by atoms with Gasteiger partial charge >= 0.3 is 0 Å². The smallest absolute Gasteiger partial charge is 0.275 e. The maximum atomic E-state index is 13.1. The second kappa shape index (κ2) is 9.90. The summed E-state index contributed by atoms with van der Waals surface area (Å²) < 4.78 is 0. The van der Waals surface area contributed by atoms with E-state index in [-0.39, 0.29) is 43.1 Å². The SMILES string of the molecule is O=C(C1=NN(c2ccc(C3CCC3)cc2Cl)C(c2cc[c-]cc2)C1)N1C=NCCC1.[U]. The standard InChI is InChI=1S/C24H24ClN4O.U/c25-20-14-19(17-8-4-9-17)10-11-22(20)29-23(18-6-2-1-3-7-18)15-21(27-29)24(30)28-13-5-12-26-16-28;/h2-3,6-7,10-11,14,16-17,23H,4-5,8-9,12-13,15H2;/q-1;. The molecule has 2 aromatic rings. The molecule has 2 aromatic carbocycles. The fourth-order valence-corrected chi connectivity index (χ4v) is 4.59. The molecule has 158 valence electrons. The summed E-state index contributed by atoms with van der Waals surface area (Å²) in [7, 11) is 0. The second-order valence-electron chi connectivity index (χ2n) is 8.16. The van der Waals surface area contributed by atoms with E-state index in [1.165, 1.54) is 24.8 Å². The van der Waals surface area contributed by atoms with Crippen LogP contribution in [0.3, 0.4) is 0 Å². The first-order chi connectivity index (χ1) is 14.7. The predicted molar refractivity (Wildman–Crippen MR) is 120 cm³/mol. The Hall–Kier alpha value is -1.61. The third kappa shape index (κ3) is 4.62. The molecule has 31 heavy (non-hydrogen) atoms. The zero-order valence-corrected chi connectivity index (χ0v) is 22.2. The van der Waals surface area contributed by atoms with Gasteiger partial charge in [-0.3, -0.25) is 19.7 Å². The molecule has 2 aliphatic heterocycles. The van der Waals surface area contributed by atoms with Gasteiger partial charge in [-0.05, 0) is 42.9 Å². The van der Waals surface area contributed by atoms with Crippen molar-refractivity contribution in [1.29, 1.82) is 0 Å². The van der Waals surface area contributed by atoms with Gasteiger partial charge in [0.05, 0.1) is 23.1 Å². The van der Waals surface area contributed by atoms with Crippen LogP contribution in [-0.2, 0) is 4.79 Å². The van der Waals surface area contributed by atoms with Crippen molar-refractivity contribution in [3.05, 3.63) is 64.7 Å². The van der Waals surface area contributed by atoms with E-state index in [2.05, 4.69) is 29.3 Å². The maximum Gasteiger partial charge on any atom is 0.275 e. The Kier molecular flexibility index (Phi) is 7.21. The van der Waals surface area contributed by atoms with Crippen molar-refractivity contribution in [3.8, 4) is 0 Å². The Balaban J connectivity index is 0.00000231. The zero-order chi connectivity index (χ0) is 20.5. The Morgan fingerprint density at radius 3 is 2.55 bits per heavy atom. The van der Waals surface area contributed by atoms with Gasteiger partial charge in [-0.2, -0.15) is 35.4 Å². The molecule has 3 aliphatic rings. The van der Waals surface area contributed by atoms with Crippen molar-refractivity contribution >= 4 is 35.2 Å². The van der Waals surface area contributed by atoms with Gasteiger partial charge in [-0.1, -0.05) is 24.1 Å². The third-order valence-electron chi connectivity index (χ3n) is 6.25. The first-order valence-corrected chi connectivity index (χ1v) is 11.0. The van der Waals surface area contributed by atoms with Gasteiger partial charge in [0.25, 0.3) is 5.91 Å². The molecule has 0 spiro atoms. The summed E-state index contributed by atoms with van der Waals surface area (Å²) in [4.78, 5) is 19.0. The average Bonchev–Trinajstić information content (AvgIpc) is 3.18. The van der Waals surface area contributed by atoms with E-state index in [1.54, 1.807) is 11.2 Å². The first kappa shape index (κ1) is 22.6. The minimum atomic E-state index is -0.0765. The Bertz CT molecular complexity index is 1010. The number of anilines is 1. The second-order valence-corrected chi connectivity index (χ2v) is 8.56. The molecule has 0 radical (unpaired) electrons. The third-order valence-corrected chi connectivity index (χ3v) is 6.55. The van der Waals surface area contributed by atoms with Crippen LogP contribution in [0.4, 0.5) is 5.69 Å². The normalized spacial score (nSPS) is 20.8. The molecule has 5 nitrogen and oxygen atoms in total. The molecule has 0 aromatic heterocycles. The molecule has 2 heterocycles. The quantitative estimate of drug-likeness (QED) is 0.436. The van der Waals surface area contributed by atoms with E-state index in [0.29, 0.717) is 29.6 Å². The molecule has 1 amide bonds. The molecule has 1 fully saturated rings. The number of carbonyl (C=O) groups is 1. The van der Waals surface area contributed by atoms with E-state index in [9.17, 15) is 4.79 Å². The van der Waals surface area contributed by atoms with Gasteiger partial charge in [0.2, 0.25) is 0 Å². The van der Waals surface area contributed by atoms with E-state index >= 15 is 0 Å². The number of halogens is 1. The number of benzene rings is 2. The summed E-state index contributed by atoms with van der Waals surface area (Å²) in [6, 6.07) is 17.1. The Labute approximate surface area is 211 Å². The number of hydrazone groups is 1. The number of hydrogen-bond donors (Lipinski definition) is 0. The summed E-state index contributed by atoms with van der Waals surface area (Å²) in [6.07, 6.45) is 6.82. The Morgan fingerprint density at radius 1 is 1.10 bits per heavy atom. The molecule has 1 saturated carbocycles. The van der Waals surface area contributed by atoms with Crippen LogP contribution in [0.25, 0.3) is 0 Å². The number of aliphatic imine (C=N–C) groups is 1. The minimum absolute atomic E-state index is 0. The van der Waals surface area contributed by atoms with E-state index in [4.69, 9.17) is 16.7 Å². The van der Waals surface area contributed by atoms with E-state index in [1.807, 2.05) is 29.3 Å². The fraction of sp³-hybridized carbons (Fsp3) is 0.375. The fourth-order valence-electron chi connectivity index (χ4n) is 4.31. The van der Waals surface area contributed by atoms with Crippen LogP contribution < -0.4 is 5.01 Å². The van der Waals surface area contributed by atoms with Crippen molar-refractivity contribution in [2.75, 3.05) is 18.1 Å². The summed E-state index contributed by atoms with van der Waals surface area (Å²) in [5, 5.41) is 7.36. The van der Waals surface area contributed by atoms with Crippen LogP contribution >= 0.6 is 11.6 Å². The number of rotatable bonds is 4.